The van der Waals surface area contributed by atoms with Crippen molar-refractivity contribution in [3.63, 3.8) is 0 Å². The van der Waals surface area contributed by atoms with Crippen molar-refractivity contribution in [3.8, 4) is 0 Å². The lowest BCUT2D eigenvalue weighted by molar-refractivity contribution is 0.0962. The van der Waals surface area contributed by atoms with Gasteiger partial charge in [0.05, 0.1) is 0 Å². The van der Waals surface area contributed by atoms with Crippen LogP contribution in [0.2, 0.25) is 0 Å². The fraction of sp³-hybridized carbons (Fsp3) is 0.500. The zero-order valence-electron chi connectivity index (χ0n) is 9.02. The molecule has 0 saturated carbocycles. The summed E-state index contributed by atoms with van der Waals surface area (Å²) in [4.78, 5) is 18.1. The predicted molar refractivity (Wildman–Crippen MR) is 58.8 cm³/mol. The van der Waals surface area contributed by atoms with Crippen LogP contribution in [0.5, 0.6) is 0 Å². The molecule has 0 unspecified atom stereocenters. The molecule has 80 valence electrons. The van der Waals surface area contributed by atoms with Gasteiger partial charge < -0.3 is 4.90 Å². The second kappa shape index (κ2) is 4.53. The zero-order chi connectivity index (χ0) is 10.7. The summed E-state index contributed by atoms with van der Waals surface area (Å²) in [6.07, 6.45) is 5.17. The molecule has 0 amide bonds. The monoisotopic (exact) mass is 204 g/mol. The highest BCUT2D eigenvalue weighted by Crippen LogP contribution is 2.19. The van der Waals surface area contributed by atoms with E-state index in [1.165, 1.54) is 0 Å². The summed E-state index contributed by atoms with van der Waals surface area (Å²) in [5, 5.41) is 0. The first-order valence-corrected chi connectivity index (χ1v) is 5.37. The fourth-order valence-corrected chi connectivity index (χ4v) is 2.11. The minimum Gasteiger partial charge on any atom is -0.306 e. The van der Waals surface area contributed by atoms with Gasteiger partial charge in [-0.3, -0.25) is 9.78 Å². The number of likely N-dealkylation sites (tertiary alicyclic amines) is 1. The molecule has 0 bridgehead atoms. The standard InChI is InChI=1S/C12H16N2O/c1-14-7-4-10(9-14)8-12(15)11-2-5-13-6-3-11/h2-3,5-6,10H,4,7-9H2,1H3/t10-/m0/s1. The fourth-order valence-electron chi connectivity index (χ4n) is 2.11. The quantitative estimate of drug-likeness (QED) is 0.701. The molecule has 0 spiro atoms. The molecule has 2 rings (SSSR count). The Morgan fingerprint density at radius 2 is 2.27 bits per heavy atom. The summed E-state index contributed by atoms with van der Waals surface area (Å²) in [6, 6.07) is 3.59. The van der Waals surface area contributed by atoms with E-state index in [2.05, 4.69) is 16.9 Å². The second-order valence-electron chi connectivity index (χ2n) is 4.28. The minimum atomic E-state index is 0.248. The Kier molecular flexibility index (Phi) is 3.11. The molecule has 1 aliphatic rings. The number of ketones is 1. The van der Waals surface area contributed by atoms with Gasteiger partial charge in [-0.15, -0.1) is 0 Å². The van der Waals surface area contributed by atoms with Gasteiger partial charge in [-0.25, -0.2) is 0 Å². The van der Waals surface area contributed by atoms with Crippen LogP contribution in [0.3, 0.4) is 0 Å². The van der Waals surface area contributed by atoms with Crippen LogP contribution in [0.1, 0.15) is 23.2 Å². The molecule has 2 heterocycles. The van der Waals surface area contributed by atoms with Crippen molar-refractivity contribution in [3.05, 3.63) is 30.1 Å². The molecule has 0 aromatic carbocycles. The molecule has 3 heteroatoms. The molecule has 0 radical (unpaired) electrons. The van der Waals surface area contributed by atoms with Crippen LogP contribution in [0.4, 0.5) is 0 Å². The van der Waals surface area contributed by atoms with Crippen molar-refractivity contribution in [2.75, 3.05) is 20.1 Å². The maximum absolute atomic E-state index is 11.9. The van der Waals surface area contributed by atoms with E-state index in [0.717, 1.165) is 25.1 Å². The highest BCUT2D eigenvalue weighted by atomic mass is 16.1. The van der Waals surface area contributed by atoms with Crippen molar-refractivity contribution in [1.82, 2.24) is 9.88 Å². The number of aromatic nitrogens is 1. The van der Waals surface area contributed by atoms with E-state index in [1.807, 2.05) is 0 Å². The summed E-state index contributed by atoms with van der Waals surface area (Å²) < 4.78 is 0. The Morgan fingerprint density at radius 1 is 1.53 bits per heavy atom. The van der Waals surface area contributed by atoms with Crippen molar-refractivity contribution in [2.24, 2.45) is 5.92 Å². The average molecular weight is 204 g/mol. The van der Waals surface area contributed by atoms with E-state index >= 15 is 0 Å². The van der Waals surface area contributed by atoms with E-state index in [-0.39, 0.29) is 5.78 Å². The van der Waals surface area contributed by atoms with Crippen LogP contribution in [0, 0.1) is 5.92 Å². The Morgan fingerprint density at radius 3 is 2.87 bits per heavy atom. The Bertz CT molecular complexity index is 337. The Hall–Kier alpha value is -1.22. The lowest BCUT2D eigenvalue weighted by atomic mass is 9.98. The number of Topliss-reactive ketones (excluding diaryl/α,β-unsaturated/α-hetero) is 1. The molecule has 1 fully saturated rings. The summed E-state index contributed by atoms with van der Waals surface area (Å²) >= 11 is 0. The van der Waals surface area contributed by atoms with Crippen LogP contribution in [-0.4, -0.2) is 35.8 Å². The molecule has 1 aromatic rings. The highest BCUT2D eigenvalue weighted by molar-refractivity contribution is 5.96. The Balaban J connectivity index is 1.93. The number of carbonyl (C=O) groups is 1. The van der Waals surface area contributed by atoms with Gasteiger partial charge in [-0.1, -0.05) is 0 Å². The maximum Gasteiger partial charge on any atom is 0.163 e. The van der Waals surface area contributed by atoms with Crippen LogP contribution in [0.15, 0.2) is 24.5 Å². The third kappa shape index (κ3) is 2.63. The van der Waals surface area contributed by atoms with Crippen LogP contribution in [0.25, 0.3) is 0 Å². The molecule has 1 aromatic heterocycles. The number of rotatable bonds is 3. The molecule has 1 saturated heterocycles. The van der Waals surface area contributed by atoms with Gasteiger partial charge in [0, 0.05) is 30.9 Å². The van der Waals surface area contributed by atoms with E-state index in [0.29, 0.717) is 12.3 Å². The molecule has 15 heavy (non-hydrogen) atoms. The van der Waals surface area contributed by atoms with Crippen LogP contribution >= 0.6 is 0 Å². The Labute approximate surface area is 90.1 Å². The van der Waals surface area contributed by atoms with Crippen molar-refractivity contribution < 1.29 is 4.79 Å². The van der Waals surface area contributed by atoms with Crippen LogP contribution < -0.4 is 0 Å². The molecule has 1 aliphatic heterocycles. The van der Waals surface area contributed by atoms with E-state index < -0.39 is 0 Å². The van der Waals surface area contributed by atoms with Crippen molar-refractivity contribution in [2.45, 2.75) is 12.8 Å². The lowest BCUT2D eigenvalue weighted by Gasteiger charge is -2.09. The summed E-state index contributed by atoms with van der Waals surface area (Å²) in [6.45, 7) is 2.17. The van der Waals surface area contributed by atoms with Crippen molar-refractivity contribution >= 4 is 5.78 Å². The second-order valence-corrected chi connectivity index (χ2v) is 4.28. The summed E-state index contributed by atoms with van der Waals surface area (Å²) in [7, 11) is 2.11. The third-order valence-corrected chi connectivity index (χ3v) is 2.97. The topological polar surface area (TPSA) is 33.2 Å². The van der Waals surface area contributed by atoms with Gasteiger partial charge in [0.2, 0.25) is 0 Å². The molecule has 1 atom stereocenters. The van der Waals surface area contributed by atoms with Gasteiger partial charge in [-0.2, -0.15) is 0 Å². The summed E-state index contributed by atoms with van der Waals surface area (Å²) in [5.74, 6) is 0.786. The first kappa shape index (κ1) is 10.3. The minimum absolute atomic E-state index is 0.248. The number of hydrogen-bond acceptors (Lipinski definition) is 3. The first-order chi connectivity index (χ1) is 7.25. The number of pyridine rings is 1. The molecule has 0 N–H and O–H groups in total. The molecule has 3 nitrogen and oxygen atoms in total. The maximum atomic E-state index is 11.9. The SMILES string of the molecule is CN1CC[C@@H](CC(=O)c2ccncc2)C1. The molecular formula is C12H16N2O. The largest absolute Gasteiger partial charge is 0.306 e. The molecule has 0 aliphatic carbocycles. The highest BCUT2D eigenvalue weighted by Gasteiger charge is 2.22. The smallest absolute Gasteiger partial charge is 0.163 e. The lowest BCUT2D eigenvalue weighted by Crippen LogP contribution is -2.15. The van der Waals surface area contributed by atoms with Gasteiger partial charge in [0.1, 0.15) is 0 Å². The van der Waals surface area contributed by atoms with Gasteiger partial charge in [0.25, 0.3) is 0 Å². The van der Waals surface area contributed by atoms with E-state index in [9.17, 15) is 4.79 Å². The van der Waals surface area contributed by atoms with Gasteiger partial charge in [-0.05, 0) is 38.1 Å². The first-order valence-electron chi connectivity index (χ1n) is 5.37. The van der Waals surface area contributed by atoms with Crippen LogP contribution in [-0.2, 0) is 0 Å². The number of carbonyl (C=O) groups excluding carboxylic acids is 1. The normalized spacial score (nSPS) is 21.8. The zero-order valence-corrected chi connectivity index (χ0v) is 9.02. The van der Waals surface area contributed by atoms with Crippen molar-refractivity contribution in [1.29, 1.82) is 0 Å². The number of nitrogens with zero attached hydrogens (tertiary/aromatic N) is 2. The predicted octanol–water partition coefficient (Wildman–Crippen LogP) is 1.61. The third-order valence-electron chi connectivity index (χ3n) is 2.97. The van der Waals surface area contributed by atoms with Gasteiger partial charge >= 0.3 is 0 Å². The van der Waals surface area contributed by atoms with E-state index in [1.54, 1.807) is 24.5 Å². The molecular weight excluding hydrogens is 188 g/mol. The number of hydrogen-bond donors (Lipinski definition) is 0. The van der Waals surface area contributed by atoms with Gasteiger partial charge in [0.15, 0.2) is 5.78 Å². The average Bonchev–Trinajstić information content (AvgIpc) is 2.65. The summed E-state index contributed by atoms with van der Waals surface area (Å²) in [5.41, 5.74) is 0.791. The van der Waals surface area contributed by atoms with E-state index in [4.69, 9.17) is 0 Å².